The number of hydrogen-bond acceptors (Lipinski definition) is 14. The number of hydrogen-bond donors (Lipinski definition) is 4. The zero-order chi connectivity index (χ0) is 30.4. The summed E-state index contributed by atoms with van der Waals surface area (Å²) in [5.41, 5.74) is -2.71. The van der Waals surface area contributed by atoms with Crippen molar-refractivity contribution in [1.82, 2.24) is 15.5 Å². The van der Waals surface area contributed by atoms with E-state index in [4.69, 9.17) is 5.26 Å². The highest BCUT2D eigenvalue weighted by Gasteiger charge is 2.36. The Kier molecular flexibility index (Phi) is 18.2. The van der Waals surface area contributed by atoms with E-state index in [0.717, 1.165) is 0 Å². The lowest BCUT2D eigenvalue weighted by molar-refractivity contribution is -0.256. The molecule has 17 heteroatoms. The van der Waals surface area contributed by atoms with Crippen molar-refractivity contribution in [2.45, 2.75) is 32.8 Å². The van der Waals surface area contributed by atoms with Crippen LogP contribution in [0.25, 0.3) is 0 Å². The fourth-order valence-corrected chi connectivity index (χ4v) is 3.27. The zero-order valence-electron chi connectivity index (χ0n) is 22.4. The molecule has 0 aromatic rings. The van der Waals surface area contributed by atoms with Gasteiger partial charge in [0.25, 0.3) is 31.8 Å². The number of carbonyl (C=O) groups excluding carboxylic acids is 7. The zero-order valence-corrected chi connectivity index (χ0v) is 22.4. The summed E-state index contributed by atoms with van der Waals surface area (Å²) in [5, 5.41) is 23.7. The fourth-order valence-electron chi connectivity index (χ4n) is 3.27. The summed E-state index contributed by atoms with van der Waals surface area (Å²) in [6.07, 6.45) is -1.26. The van der Waals surface area contributed by atoms with Crippen LogP contribution >= 0.6 is 0 Å². The molecule has 0 radical (unpaired) electrons. The predicted molar refractivity (Wildman–Crippen MR) is 131 cm³/mol. The molecule has 4 N–H and O–H groups in total. The predicted octanol–water partition coefficient (Wildman–Crippen LogP) is -2.62. The minimum Gasteiger partial charge on any atom is -0.467 e. The second-order valence-electron chi connectivity index (χ2n) is 9.11. The van der Waals surface area contributed by atoms with Crippen LogP contribution in [-0.2, 0) is 57.4 Å². The molecule has 0 aliphatic heterocycles. The molecule has 0 aliphatic rings. The molecule has 0 aromatic heterocycles. The van der Waals surface area contributed by atoms with Gasteiger partial charge >= 0.3 is 0 Å². The Balaban J connectivity index is 5.06. The highest BCUT2D eigenvalue weighted by atomic mass is 17.1. The van der Waals surface area contributed by atoms with E-state index < -0.39 is 41.3 Å². The summed E-state index contributed by atoms with van der Waals surface area (Å²) in [4.78, 5) is 84.9. The molecular weight excluding hydrogens is 542 g/mol. The Morgan fingerprint density at radius 3 is 1.40 bits per heavy atom. The highest BCUT2D eigenvalue weighted by Crippen LogP contribution is 2.18. The van der Waals surface area contributed by atoms with Crippen LogP contribution in [0, 0.1) is 10.8 Å². The molecule has 0 aliphatic carbocycles. The molecule has 0 bridgehead atoms. The van der Waals surface area contributed by atoms with Crippen molar-refractivity contribution in [3.8, 4) is 0 Å². The number of aliphatic hydroxyl groups is 1. The number of nitrogens with zero attached hydrogens (tertiary/aromatic N) is 1. The Morgan fingerprint density at radius 2 is 1.10 bits per heavy atom. The molecule has 3 amide bonds. The van der Waals surface area contributed by atoms with Crippen molar-refractivity contribution in [2.75, 3.05) is 59.2 Å². The van der Waals surface area contributed by atoms with E-state index >= 15 is 0 Å². The first-order chi connectivity index (χ1) is 19.0. The van der Waals surface area contributed by atoms with Gasteiger partial charge in [0, 0.05) is 26.2 Å². The largest absolute Gasteiger partial charge is 0.467 e. The van der Waals surface area contributed by atoms with Crippen molar-refractivity contribution in [3.63, 3.8) is 0 Å². The lowest BCUT2D eigenvalue weighted by Gasteiger charge is -2.28. The molecule has 1 atom stereocenters. The Bertz CT molecular complexity index is 747. The van der Waals surface area contributed by atoms with Crippen LogP contribution in [0.3, 0.4) is 0 Å². The number of aliphatic hydroxyl groups excluding tert-OH is 1. The number of amides is 3. The summed E-state index contributed by atoms with van der Waals surface area (Å²) >= 11 is 0. The van der Waals surface area contributed by atoms with E-state index in [0.29, 0.717) is 0 Å². The van der Waals surface area contributed by atoms with Crippen LogP contribution in [0.5, 0.6) is 0 Å². The van der Waals surface area contributed by atoms with Gasteiger partial charge in [-0.05, 0) is 26.7 Å². The average molecular weight is 580 g/mol. The van der Waals surface area contributed by atoms with Crippen LogP contribution < -0.4 is 10.6 Å². The molecule has 40 heavy (non-hydrogen) atoms. The number of rotatable bonds is 25. The maximum absolute atomic E-state index is 12.6. The lowest BCUT2D eigenvalue weighted by atomic mass is 9.91. The number of carbonyl (C=O) groups is 7. The van der Waals surface area contributed by atoms with Crippen molar-refractivity contribution in [3.05, 3.63) is 0 Å². The molecule has 0 heterocycles. The molecule has 228 valence electrons. The molecule has 0 rings (SSSR count). The standard InChI is InChI=1S/C23H37N3O14/c1-22(10-36-14-27,11-37-15-28)20(33)24-5-3-7-26(19(32)18(31)9-40-35)8-4-6-25-21(34)23(2,12-38-16-29)13-39-17-30/h14-18,31,35H,3-13H2,1-2H3,(H,24,33)(H,25,34). The Labute approximate surface area is 230 Å². The van der Waals surface area contributed by atoms with E-state index in [1.807, 2.05) is 0 Å². The monoisotopic (exact) mass is 579 g/mol. The van der Waals surface area contributed by atoms with E-state index in [9.17, 15) is 38.7 Å². The Hall–Kier alpha value is -3.83. The van der Waals surface area contributed by atoms with E-state index in [1.165, 1.54) is 18.7 Å². The third kappa shape index (κ3) is 13.3. The van der Waals surface area contributed by atoms with Gasteiger partial charge in [0.15, 0.2) is 6.10 Å². The van der Waals surface area contributed by atoms with Gasteiger partial charge < -0.3 is 39.6 Å². The smallest absolute Gasteiger partial charge is 0.293 e. The summed E-state index contributed by atoms with van der Waals surface area (Å²) < 4.78 is 18.6. The van der Waals surface area contributed by atoms with Gasteiger partial charge in [-0.2, -0.15) is 0 Å². The molecule has 17 nitrogen and oxygen atoms in total. The van der Waals surface area contributed by atoms with Gasteiger partial charge in [0.2, 0.25) is 11.8 Å². The van der Waals surface area contributed by atoms with Gasteiger partial charge in [-0.1, -0.05) is 0 Å². The maximum Gasteiger partial charge on any atom is 0.293 e. The summed E-state index contributed by atoms with van der Waals surface area (Å²) in [5.74, 6) is -1.93. The van der Waals surface area contributed by atoms with E-state index in [1.54, 1.807) is 0 Å². The topological polar surface area (TPSA) is 233 Å². The van der Waals surface area contributed by atoms with Gasteiger partial charge in [0.05, 0.1) is 0 Å². The van der Waals surface area contributed by atoms with Crippen molar-refractivity contribution >= 4 is 43.6 Å². The van der Waals surface area contributed by atoms with Crippen molar-refractivity contribution < 1.29 is 67.8 Å². The van der Waals surface area contributed by atoms with E-state index in [-0.39, 0.29) is 91.3 Å². The van der Waals surface area contributed by atoms with Crippen LogP contribution in [0.2, 0.25) is 0 Å². The highest BCUT2D eigenvalue weighted by molar-refractivity contribution is 5.83. The molecular formula is C23H37N3O14. The normalized spacial score (nSPS) is 11.8. The molecule has 0 fully saturated rings. The molecule has 0 aromatic carbocycles. The SMILES string of the molecule is CC(COC=O)(COC=O)C(=O)NCCCN(CCCNC(=O)C(C)(COC=O)COC=O)C(=O)C(O)COO. The van der Waals surface area contributed by atoms with Gasteiger partial charge in [-0.25, -0.2) is 4.89 Å². The molecule has 1 unspecified atom stereocenters. The first-order valence-corrected chi connectivity index (χ1v) is 12.1. The summed E-state index contributed by atoms with van der Waals surface area (Å²) in [7, 11) is 0. The van der Waals surface area contributed by atoms with Crippen molar-refractivity contribution in [1.29, 1.82) is 0 Å². The second kappa shape index (κ2) is 20.1. The molecule has 0 spiro atoms. The van der Waals surface area contributed by atoms with Crippen LogP contribution in [0.4, 0.5) is 0 Å². The van der Waals surface area contributed by atoms with Crippen LogP contribution in [-0.4, -0.2) is 124 Å². The second-order valence-corrected chi connectivity index (χ2v) is 9.11. The summed E-state index contributed by atoms with van der Waals surface area (Å²) in [6, 6.07) is 0. The van der Waals surface area contributed by atoms with Gasteiger partial charge in [-0.3, -0.25) is 38.8 Å². The van der Waals surface area contributed by atoms with Gasteiger partial charge in [-0.15, -0.1) is 0 Å². The van der Waals surface area contributed by atoms with E-state index in [2.05, 4.69) is 34.5 Å². The van der Waals surface area contributed by atoms with Crippen molar-refractivity contribution in [2.24, 2.45) is 10.8 Å². The quantitative estimate of drug-likeness (QED) is 0.0285. The third-order valence-electron chi connectivity index (χ3n) is 5.59. The van der Waals surface area contributed by atoms with Crippen LogP contribution in [0.1, 0.15) is 26.7 Å². The fraction of sp³-hybridized carbons (Fsp3) is 0.696. The average Bonchev–Trinajstić information content (AvgIpc) is 2.95. The van der Waals surface area contributed by atoms with Crippen LogP contribution in [0.15, 0.2) is 0 Å². The minimum absolute atomic E-state index is 0.0417. The van der Waals surface area contributed by atoms with Gasteiger partial charge in [0.1, 0.15) is 43.9 Å². The molecule has 0 saturated carbocycles. The number of nitrogens with one attached hydrogen (secondary N) is 2. The first-order valence-electron chi connectivity index (χ1n) is 12.1. The minimum atomic E-state index is -1.68. The molecule has 0 saturated heterocycles. The summed E-state index contributed by atoms with van der Waals surface area (Å²) in [6.45, 7) is 1.57. The number of ether oxygens (including phenoxy) is 4. The maximum atomic E-state index is 12.6. The third-order valence-corrected chi connectivity index (χ3v) is 5.59. The lowest BCUT2D eigenvalue weighted by Crippen LogP contribution is -2.47. The first kappa shape index (κ1) is 36.2. The Morgan fingerprint density at radius 1 is 0.750 bits per heavy atom.